The van der Waals surface area contributed by atoms with Crippen LogP contribution in [0.2, 0.25) is 0 Å². The highest BCUT2D eigenvalue weighted by Gasteiger charge is 2.29. The molecule has 4 rings (SSSR count). The number of nitro groups is 1. The number of non-ortho nitro benzene ring substituents is 1. The lowest BCUT2D eigenvalue weighted by molar-refractivity contribution is -0.383. The average Bonchev–Trinajstić information content (AvgIpc) is 3.38. The Balaban J connectivity index is 1.52. The van der Waals surface area contributed by atoms with Crippen molar-refractivity contribution in [2.24, 2.45) is 0 Å². The first-order valence-electron chi connectivity index (χ1n) is 9.89. The molecule has 1 unspecified atom stereocenters. The van der Waals surface area contributed by atoms with Gasteiger partial charge in [0.1, 0.15) is 17.3 Å². The smallest absolute Gasteiger partial charge is 0.293 e. The lowest BCUT2D eigenvalue weighted by atomic mass is 10.1. The maximum atomic E-state index is 13.1. The summed E-state index contributed by atoms with van der Waals surface area (Å²) in [5, 5.41) is 16.7. The molecule has 1 aliphatic heterocycles. The van der Waals surface area contributed by atoms with Crippen molar-refractivity contribution in [1.29, 1.82) is 0 Å². The van der Waals surface area contributed by atoms with E-state index < -0.39 is 16.9 Å². The molecule has 3 aromatic rings. The standard InChI is InChI=1S/C21H22N4O4S/c1-2-4-15(21(27)24-9-7-18-14(12-24)8-10-30-18)23-20(26)16-11-13-5-3-6-17(25(28)29)19(13)22-16/h3,5-6,8,10-11,15,22H,2,4,7,9,12H2,1H3,(H,23,26). The molecule has 2 amide bonds. The number of nitrogens with one attached hydrogen (secondary N) is 2. The molecule has 30 heavy (non-hydrogen) atoms. The summed E-state index contributed by atoms with van der Waals surface area (Å²) in [6, 6.07) is 7.65. The zero-order valence-electron chi connectivity index (χ0n) is 16.5. The Bertz CT molecular complexity index is 1120. The molecule has 2 aromatic heterocycles. The fraction of sp³-hybridized carbons (Fsp3) is 0.333. The van der Waals surface area contributed by atoms with E-state index in [4.69, 9.17) is 0 Å². The van der Waals surface area contributed by atoms with Crippen LogP contribution in [0.1, 0.15) is 40.7 Å². The second-order valence-corrected chi connectivity index (χ2v) is 8.38. The normalized spacial score (nSPS) is 14.4. The van der Waals surface area contributed by atoms with E-state index in [1.165, 1.54) is 16.5 Å². The van der Waals surface area contributed by atoms with Gasteiger partial charge in [0.05, 0.1) is 4.92 Å². The van der Waals surface area contributed by atoms with E-state index in [9.17, 15) is 19.7 Å². The Morgan fingerprint density at radius 3 is 2.97 bits per heavy atom. The minimum atomic E-state index is -0.635. The molecular weight excluding hydrogens is 404 g/mol. The fourth-order valence-electron chi connectivity index (χ4n) is 3.85. The fourth-order valence-corrected chi connectivity index (χ4v) is 4.74. The molecule has 0 radical (unpaired) electrons. The predicted octanol–water partition coefficient (Wildman–Crippen LogP) is 3.62. The SMILES string of the molecule is CCCC(NC(=O)c1cc2cccc([N+](=O)[O-])c2[nH]1)C(=O)N1CCc2sccc2C1. The van der Waals surface area contributed by atoms with Crippen LogP contribution in [-0.4, -0.2) is 39.2 Å². The molecule has 1 aliphatic rings. The largest absolute Gasteiger partial charge is 0.345 e. The quantitative estimate of drug-likeness (QED) is 0.463. The molecule has 0 aliphatic carbocycles. The second-order valence-electron chi connectivity index (χ2n) is 7.38. The highest BCUT2D eigenvalue weighted by molar-refractivity contribution is 7.10. The van der Waals surface area contributed by atoms with Crippen LogP contribution in [0.15, 0.2) is 35.7 Å². The van der Waals surface area contributed by atoms with E-state index in [1.54, 1.807) is 34.4 Å². The summed E-state index contributed by atoms with van der Waals surface area (Å²) in [6.07, 6.45) is 2.10. The highest BCUT2D eigenvalue weighted by Crippen LogP contribution is 2.26. The van der Waals surface area contributed by atoms with Gasteiger partial charge in [-0.15, -0.1) is 11.3 Å². The number of para-hydroxylation sites is 1. The van der Waals surface area contributed by atoms with Crippen molar-refractivity contribution >= 4 is 39.7 Å². The van der Waals surface area contributed by atoms with Crippen molar-refractivity contribution < 1.29 is 14.5 Å². The zero-order chi connectivity index (χ0) is 21.3. The van der Waals surface area contributed by atoms with Gasteiger partial charge in [-0.25, -0.2) is 0 Å². The van der Waals surface area contributed by atoms with Gasteiger partial charge in [-0.1, -0.05) is 25.5 Å². The highest BCUT2D eigenvalue weighted by atomic mass is 32.1. The number of aromatic amines is 1. The monoisotopic (exact) mass is 426 g/mol. The minimum absolute atomic E-state index is 0.0902. The van der Waals surface area contributed by atoms with E-state index >= 15 is 0 Å². The van der Waals surface area contributed by atoms with Gasteiger partial charge in [-0.05, 0) is 35.9 Å². The van der Waals surface area contributed by atoms with Crippen LogP contribution in [0.4, 0.5) is 5.69 Å². The van der Waals surface area contributed by atoms with Crippen LogP contribution in [0.5, 0.6) is 0 Å². The van der Waals surface area contributed by atoms with Gasteiger partial charge in [0.25, 0.3) is 11.6 Å². The van der Waals surface area contributed by atoms with Gasteiger partial charge in [0.15, 0.2) is 0 Å². The number of rotatable bonds is 6. The van der Waals surface area contributed by atoms with Gasteiger partial charge in [0.2, 0.25) is 5.91 Å². The third kappa shape index (κ3) is 3.80. The predicted molar refractivity (Wildman–Crippen MR) is 115 cm³/mol. The molecule has 0 spiro atoms. The van der Waals surface area contributed by atoms with E-state index in [0.29, 0.717) is 30.4 Å². The molecule has 9 heteroatoms. The summed E-state index contributed by atoms with van der Waals surface area (Å²) in [4.78, 5) is 42.7. The minimum Gasteiger partial charge on any atom is -0.345 e. The number of aromatic nitrogens is 1. The average molecular weight is 426 g/mol. The number of hydrogen-bond acceptors (Lipinski definition) is 5. The number of H-pyrrole nitrogens is 1. The lowest BCUT2D eigenvalue weighted by Crippen LogP contribution is -2.49. The van der Waals surface area contributed by atoms with Crippen molar-refractivity contribution in [2.75, 3.05) is 6.54 Å². The van der Waals surface area contributed by atoms with Crippen LogP contribution in [0.3, 0.4) is 0 Å². The van der Waals surface area contributed by atoms with Crippen LogP contribution in [0, 0.1) is 10.1 Å². The number of thiophene rings is 1. The van der Waals surface area contributed by atoms with Crippen LogP contribution in [0.25, 0.3) is 10.9 Å². The van der Waals surface area contributed by atoms with Gasteiger partial charge >= 0.3 is 0 Å². The van der Waals surface area contributed by atoms with E-state index in [2.05, 4.69) is 10.3 Å². The molecule has 3 heterocycles. The summed E-state index contributed by atoms with van der Waals surface area (Å²) < 4.78 is 0. The maximum Gasteiger partial charge on any atom is 0.293 e. The summed E-state index contributed by atoms with van der Waals surface area (Å²) in [6.45, 7) is 3.17. The molecule has 1 aromatic carbocycles. The molecular formula is C21H22N4O4S. The van der Waals surface area contributed by atoms with Crippen LogP contribution in [-0.2, 0) is 17.8 Å². The van der Waals surface area contributed by atoms with Crippen LogP contribution < -0.4 is 5.32 Å². The Morgan fingerprint density at radius 1 is 1.37 bits per heavy atom. The van der Waals surface area contributed by atoms with E-state index in [-0.39, 0.29) is 17.3 Å². The number of carbonyl (C=O) groups is 2. The molecule has 0 saturated heterocycles. The Labute approximate surface area is 177 Å². The Morgan fingerprint density at radius 2 is 2.20 bits per heavy atom. The summed E-state index contributed by atoms with van der Waals surface area (Å²) in [5.41, 5.74) is 1.58. The third-order valence-electron chi connectivity index (χ3n) is 5.38. The zero-order valence-corrected chi connectivity index (χ0v) is 17.3. The molecule has 2 N–H and O–H groups in total. The number of hydrogen-bond donors (Lipinski definition) is 2. The van der Waals surface area contributed by atoms with E-state index in [0.717, 1.165) is 12.8 Å². The topological polar surface area (TPSA) is 108 Å². The lowest BCUT2D eigenvalue weighted by Gasteiger charge is -2.30. The number of nitrogens with zero attached hydrogens (tertiary/aromatic N) is 2. The maximum absolute atomic E-state index is 13.1. The van der Waals surface area contributed by atoms with Crippen molar-refractivity contribution in [2.45, 2.75) is 38.8 Å². The van der Waals surface area contributed by atoms with Crippen molar-refractivity contribution in [1.82, 2.24) is 15.2 Å². The first kappa shape index (κ1) is 20.1. The molecule has 156 valence electrons. The molecule has 8 nitrogen and oxygen atoms in total. The van der Waals surface area contributed by atoms with Crippen molar-refractivity contribution in [3.05, 3.63) is 62.0 Å². The van der Waals surface area contributed by atoms with Crippen LogP contribution >= 0.6 is 11.3 Å². The summed E-state index contributed by atoms with van der Waals surface area (Å²) in [7, 11) is 0. The molecule has 0 fully saturated rings. The Hall–Kier alpha value is -3.20. The number of carbonyl (C=O) groups excluding carboxylic acids is 2. The van der Waals surface area contributed by atoms with E-state index in [1.807, 2.05) is 18.4 Å². The third-order valence-corrected chi connectivity index (χ3v) is 6.40. The van der Waals surface area contributed by atoms with Gasteiger partial charge in [-0.2, -0.15) is 0 Å². The summed E-state index contributed by atoms with van der Waals surface area (Å²) in [5.74, 6) is -0.537. The first-order valence-corrected chi connectivity index (χ1v) is 10.8. The number of amides is 2. The molecule has 0 bridgehead atoms. The number of fused-ring (bicyclic) bond motifs is 2. The molecule has 1 atom stereocenters. The number of nitro benzene ring substituents is 1. The second kappa shape index (κ2) is 8.27. The van der Waals surface area contributed by atoms with Crippen molar-refractivity contribution in [3.63, 3.8) is 0 Å². The van der Waals surface area contributed by atoms with Gasteiger partial charge < -0.3 is 15.2 Å². The molecule has 0 saturated carbocycles. The number of benzene rings is 1. The van der Waals surface area contributed by atoms with Crippen molar-refractivity contribution in [3.8, 4) is 0 Å². The Kier molecular flexibility index (Phi) is 5.54. The summed E-state index contributed by atoms with van der Waals surface area (Å²) >= 11 is 1.71. The first-order chi connectivity index (χ1) is 14.5. The van der Waals surface area contributed by atoms with Gasteiger partial charge in [-0.3, -0.25) is 19.7 Å². The van der Waals surface area contributed by atoms with Gasteiger partial charge in [0, 0.05) is 29.4 Å².